The summed E-state index contributed by atoms with van der Waals surface area (Å²) in [6.07, 6.45) is 2.26. The first-order chi connectivity index (χ1) is 12.7. The van der Waals surface area contributed by atoms with Gasteiger partial charge in [-0.25, -0.2) is 12.8 Å². The van der Waals surface area contributed by atoms with Gasteiger partial charge in [-0.1, -0.05) is 23.8 Å². The summed E-state index contributed by atoms with van der Waals surface area (Å²) in [5, 5.41) is 0. The molecule has 0 saturated carbocycles. The Morgan fingerprint density at radius 2 is 1.93 bits per heavy atom. The molecule has 7 heteroatoms. The third kappa shape index (κ3) is 4.58. The molecule has 2 fully saturated rings. The number of hydrogen-bond donors (Lipinski definition) is 0. The Balaban J connectivity index is 1.77. The molecule has 2 saturated heterocycles. The van der Waals surface area contributed by atoms with E-state index in [9.17, 15) is 17.6 Å². The lowest BCUT2D eigenvalue weighted by molar-refractivity contribution is -0.136. The first-order valence-electron chi connectivity index (χ1n) is 9.28. The molecule has 0 spiro atoms. The lowest BCUT2D eigenvalue weighted by atomic mass is 10.0. The molecule has 1 aromatic rings. The number of fused-ring (bicyclic) bond motifs is 1. The first kappa shape index (κ1) is 20.0. The van der Waals surface area contributed by atoms with Crippen LogP contribution in [0.1, 0.15) is 25.0 Å². The van der Waals surface area contributed by atoms with E-state index < -0.39 is 9.84 Å². The fraction of sp³-hybridized carbons (Fsp3) is 0.550. The van der Waals surface area contributed by atoms with E-state index in [1.807, 2.05) is 13.8 Å². The fourth-order valence-electron chi connectivity index (χ4n) is 3.95. The van der Waals surface area contributed by atoms with E-state index >= 15 is 0 Å². The number of aryl methyl sites for hydroxylation is 1. The number of sulfone groups is 1. The molecule has 1 aromatic carbocycles. The molecule has 148 valence electrons. The molecule has 0 aliphatic carbocycles. The van der Waals surface area contributed by atoms with E-state index in [1.165, 1.54) is 11.6 Å². The molecule has 2 unspecified atom stereocenters. The Bertz CT molecular complexity index is 862. The zero-order valence-corrected chi connectivity index (χ0v) is 16.9. The molecule has 3 rings (SSSR count). The Morgan fingerprint density at radius 3 is 2.59 bits per heavy atom. The van der Waals surface area contributed by atoms with E-state index in [4.69, 9.17) is 0 Å². The number of rotatable bonds is 4. The van der Waals surface area contributed by atoms with Crippen LogP contribution in [0.4, 0.5) is 4.39 Å². The minimum absolute atomic E-state index is 0.0250. The van der Waals surface area contributed by atoms with Crippen molar-refractivity contribution >= 4 is 15.7 Å². The van der Waals surface area contributed by atoms with Gasteiger partial charge in [0.05, 0.1) is 24.0 Å². The van der Waals surface area contributed by atoms with Crippen molar-refractivity contribution in [3.63, 3.8) is 0 Å². The fourth-order valence-corrected chi connectivity index (χ4v) is 5.97. The predicted octanol–water partition coefficient (Wildman–Crippen LogP) is 1.95. The summed E-state index contributed by atoms with van der Waals surface area (Å²) in [6, 6.07) is 4.22. The average molecular weight is 395 g/mol. The standard InChI is InChI=1S/C20H27FN2O3S/c1-14(2)6-7-22-8-9-23(19-13-27(25,26)12-18(19)22)20(24)11-16-4-5-17(21)15(3)10-16/h4-6,10,18-19H,7-9,11-13H2,1-3H3. The molecule has 0 bridgehead atoms. The van der Waals surface area contributed by atoms with Gasteiger partial charge < -0.3 is 4.90 Å². The molecule has 27 heavy (non-hydrogen) atoms. The van der Waals surface area contributed by atoms with Gasteiger partial charge in [0.15, 0.2) is 9.84 Å². The van der Waals surface area contributed by atoms with Gasteiger partial charge in [0.1, 0.15) is 5.82 Å². The Kier molecular flexibility index (Phi) is 5.72. The number of hydrogen-bond acceptors (Lipinski definition) is 4. The monoisotopic (exact) mass is 394 g/mol. The summed E-state index contributed by atoms with van der Waals surface area (Å²) in [4.78, 5) is 16.8. The van der Waals surface area contributed by atoms with Crippen molar-refractivity contribution in [2.45, 2.75) is 39.3 Å². The Hall–Kier alpha value is -1.73. The molecule has 2 heterocycles. The molecule has 0 N–H and O–H groups in total. The van der Waals surface area contributed by atoms with Gasteiger partial charge in [-0.15, -0.1) is 0 Å². The topological polar surface area (TPSA) is 57.7 Å². The third-order valence-corrected chi connectivity index (χ3v) is 7.12. The average Bonchev–Trinajstić information content (AvgIpc) is 2.90. The molecule has 2 atom stereocenters. The zero-order valence-electron chi connectivity index (χ0n) is 16.1. The maximum atomic E-state index is 13.5. The summed E-state index contributed by atoms with van der Waals surface area (Å²) in [5.41, 5.74) is 2.45. The van der Waals surface area contributed by atoms with Crippen LogP contribution in [0.5, 0.6) is 0 Å². The summed E-state index contributed by atoms with van der Waals surface area (Å²) < 4.78 is 38.0. The van der Waals surface area contributed by atoms with Gasteiger partial charge in [0, 0.05) is 25.7 Å². The van der Waals surface area contributed by atoms with E-state index in [-0.39, 0.29) is 41.7 Å². The number of nitrogens with zero attached hydrogens (tertiary/aromatic N) is 2. The Morgan fingerprint density at radius 1 is 1.22 bits per heavy atom. The number of allylic oxidation sites excluding steroid dienone is 1. The number of piperazine rings is 1. The molecule has 1 amide bonds. The number of halogens is 1. The normalized spacial score (nSPS) is 24.5. The van der Waals surface area contributed by atoms with Crippen molar-refractivity contribution < 1.29 is 17.6 Å². The second kappa shape index (κ2) is 7.72. The van der Waals surface area contributed by atoms with Crippen molar-refractivity contribution in [3.8, 4) is 0 Å². The Labute approximate surface area is 160 Å². The van der Waals surface area contributed by atoms with Crippen LogP contribution in [0, 0.1) is 12.7 Å². The van der Waals surface area contributed by atoms with Crippen LogP contribution in [0.3, 0.4) is 0 Å². The molecule has 5 nitrogen and oxygen atoms in total. The molecule has 0 radical (unpaired) electrons. The molecular weight excluding hydrogens is 367 g/mol. The van der Waals surface area contributed by atoms with Crippen LogP contribution < -0.4 is 0 Å². The first-order valence-corrected chi connectivity index (χ1v) is 11.1. The molecular formula is C20H27FN2O3S. The summed E-state index contributed by atoms with van der Waals surface area (Å²) in [6.45, 7) is 7.60. The summed E-state index contributed by atoms with van der Waals surface area (Å²) in [7, 11) is -3.16. The van der Waals surface area contributed by atoms with Gasteiger partial charge >= 0.3 is 0 Å². The molecule has 0 aromatic heterocycles. The lowest BCUT2D eigenvalue weighted by Gasteiger charge is -2.43. The van der Waals surface area contributed by atoms with Crippen LogP contribution in [0.2, 0.25) is 0 Å². The van der Waals surface area contributed by atoms with Crippen LogP contribution in [0.15, 0.2) is 29.8 Å². The molecule has 2 aliphatic rings. The van der Waals surface area contributed by atoms with E-state index in [0.29, 0.717) is 25.2 Å². The second-order valence-corrected chi connectivity index (χ2v) is 9.99. The quantitative estimate of drug-likeness (QED) is 0.733. The molecule has 2 aliphatic heterocycles. The smallest absolute Gasteiger partial charge is 0.227 e. The minimum Gasteiger partial charge on any atom is -0.336 e. The van der Waals surface area contributed by atoms with Crippen LogP contribution in [-0.4, -0.2) is 67.3 Å². The highest BCUT2D eigenvalue weighted by atomic mass is 32.2. The van der Waals surface area contributed by atoms with E-state index in [2.05, 4.69) is 11.0 Å². The maximum Gasteiger partial charge on any atom is 0.227 e. The highest BCUT2D eigenvalue weighted by molar-refractivity contribution is 7.91. The largest absolute Gasteiger partial charge is 0.336 e. The van der Waals surface area contributed by atoms with Gasteiger partial charge in [-0.2, -0.15) is 0 Å². The highest BCUT2D eigenvalue weighted by Crippen LogP contribution is 2.27. The highest BCUT2D eigenvalue weighted by Gasteiger charge is 2.47. The van der Waals surface area contributed by atoms with Crippen molar-refractivity contribution in [2.75, 3.05) is 31.1 Å². The van der Waals surface area contributed by atoms with Gasteiger partial charge in [-0.05, 0) is 38.0 Å². The van der Waals surface area contributed by atoms with Crippen molar-refractivity contribution in [3.05, 3.63) is 46.8 Å². The predicted molar refractivity (Wildman–Crippen MR) is 104 cm³/mol. The van der Waals surface area contributed by atoms with Crippen LogP contribution >= 0.6 is 0 Å². The van der Waals surface area contributed by atoms with E-state index in [0.717, 1.165) is 5.56 Å². The van der Waals surface area contributed by atoms with Crippen LogP contribution in [-0.2, 0) is 21.1 Å². The van der Waals surface area contributed by atoms with Gasteiger partial charge in [0.25, 0.3) is 0 Å². The van der Waals surface area contributed by atoms with Crippen molar-refractivity contribution in [1.29, 1.82) is 0 Å². The SMILES string of the molecule is CC(C)=CCN1CCN(C(=O)Cc2ccc(F)c(C)c2)C2CS(=O)(=O)CC21. The number of benzene rings is 1. The van der Waals surface area contributed by atoms with Crippen LogP contribution in [0.25, 0.3) is 0 Å². The third-order valence-electron chi connectivity index (χ3n) is 5.42. The maximum absolute atomic E-state index is 13.5. The number of amides is 1. The van der Waals surface area contributed by atoms with Crippen molar-refractivity contribution in [1.82, 2.24) is 9.80 Å². The lowest BCUT2D eigenvalue weighted by Crippen LogP contribution is -2.60. The summed E-state index contributed by atoms with van der Waals surface area (Å²) >= 11 is 0. The van der Waals surface area contributed by atoms with Crippen molar-refractivity contribution in [2.24, 2.45) is 0 Å². The number of carbonyl (C=O) groups excluding carboxylic acids is 1. The van der Waals surface area contributed by atoms with E-state index in [1.54, 1.807) is 24.0 Å². The zero-order chi connectivity index (χ0) is 19.8. The number of carbonyl (C=O) groups is 1. The van der Waals surface area contributed by atoms with Gasteiger partial charge in [-0.3, -0.25) is 9.69 Å². The summed E-state index contributed by atoms with van der Waals surface area (Å²) in [5.74, 6) is -0.249. The van der Waals surface area contributed by atoms with Gasteiger partial charge in [0.2, 0.25) is 5.91 Å². The minimum atomic E-state index is -3.16. The second-order valence-electron chi connectivity index (χ2n) is 7.84.